The minimum absolute atomic E-state index is 0.00818. The molecule has 1 aromatic rings. The van der Waals surface area contributed by atoms with Gasteiger partial charge < -0.3 is 9.64 Å². The molecule has 0 aliphatic heterocycles. The SMILES string of the molecule is CCCc1c(C(=O)OC)nnn1CC(=O)N(C)C1CC1. The number of amides is 1. The molecule has 0 spiro atoms. The van der Waals surface area contributed by atoms with Crippen LogP contribution in [0, 0.1) is 0 Å². The van der Waals surface area contributed by atoms with Crippen LogP contribution in [0.2, 0.25) is 0 Å². The second kappa shape index (κ2) is 6.02. The second-order valence-electron chi connectivity index (χ2n) is 5.02. The molecule has 1 aliphatic rings. The first-order valence-electron chi connectivity index (χ1n) is 6.84. The van der Waals surface area contributed by atoms with E-state index in [1.165, 1.54) is 11.8 Å². The van der Waals surface area contributed by atoms with Gasteiger partial charge in [-0.2, -0.15) is 0 Å². The lowest BCUT2D eigenvalue weighted by Crippen LogP contribution is -2.32. The van der Waals surface area contributed by atoms with Crippen molar-refractivity contribution in [3.8, 4) is 0 Å². The van der Waals surface area contributed by atoms with Crippen LogP contribution < -0.4 is 0 Å². The van der Waals surface area contributed by atoms with Crippen molar-refractivity contribution in [2.24, 2.45) is 0 Å². The van der Waals surface area contributed by atoms with E-state index in [2.05, 4.69) is 15.0 Å². The summed E-state index contributed by atoms with van der Waals surface area (Å²) >= 11 is 0. The van der Waals surface area contributed by atoms with E-state index in [1.807, 2.05) is 6.92 Å². The molecule has 0 saturated heterocycles. The predicted octanol–water partition coefficient (Wildman–Crippen LogP) is 0.638. The Morgan fingerprint density at radius 3 is 2.70 bits per heavy atom. The van der Waals surface area contributed by atoms with Crippen LogP contribution in [0.4, 0.5) is 0 Å². The smallest absolute Gasteiger partial charge is 0.360 e. The van der Waals surface area contributed by atoms with Gasteiger partial charge in [0.2, 0.25) is 5.91 Å². The molecule has 0 unspecified atom stereocenters. The molecule has 1 fully saturated rings. The molecule has 0 bridgehead atoms. The average molecular weight is 280 g/mol. The first-order chi connectivity index (χ1) is 9.58. The molecule has 1 amide bonds. The lowest BCUT2D eigenvalue weighted by atomic mass is 10.2. The number of ether oxygens (including phenoxy) is 1. The highest BCUT2D eigenvalue weighted by Gasteiger charge is 2.30. The van der Waals surface area contributed by atoms with Gasteiger partial charge in [-0.15, -0.1) is 5.10 Å². The minimum atomic E-state index is -0.511. The van der Waals surface area contributed by atoms with Crippen molar-refractivity contribution in [3.05, 3.63) is 11.4 Å². The van der Waals surface area contributed by atoms with Crippen LogP contribution in [-0.4, -0.2) is 52.0 Å². The third-order valence-electron chi connectivity index (χ3n) is 3.48. The average Bonchev–Trinajstić information content (AvgIpc) is 3.22. The van der Waals surface area contributed by atoms with Crippen LogP contribution in [0.5, 0.6) is 0 Å². The Morgan fingerprint density at radius 1 is 1.45 bits per heavy atom. The van der Waals surface area contributed by atoms with Gasteiger partial charge in [0.05, 0.1) is 12.8 Å². The maximum absolute atomic E-state index is 12.1. The van der Waals surface area contributed by atoms with Crippen LogP contribution in [0.15, 0.2) is 0 Å². The Bertz CT molecular complexity index is 508. The molecule has 0 aromatic carbocycles. The van der Waals surface area contributed by atoms with Crippen LogP contribution in [-0.2, 0) is 22.5 Å². The molecule has 1 aliphatic carbocycles. The maximum atomic E-state index is 12.1. The van der Waals surface area contributed by atoms with E-state index in [1.54, 1.807) is 11.9 Å². The fourth-order valence-electron chi connectivity index (χ4n) is 2.10. The predicted molar refractivity (Wildman–Crippen MR) is 71.1 cm³/mol. The van der Waals surface area contributed by atoms with E-state index >= 15 is 0 Å². The Kier molecular flexibility index (Phi) is 4.36. The van der Waals surface area contributed by atoms with Crippen molar-refractivity contribution in [1.29, 1.82) is 0 Å². The quantitative estimate of drug-likeness (QED) is 0.715. The number of aromatic nitrogens is 3. The van der Waals surface area contributed by atoms with Gasteiger partial charge in [0.15, 0.2) is 5.69 Å². The third-order valence-corrected chi connectivity index (χ3v) is 3.48. The van der Waals surface area contributed by atoms with E-state index in [0.717, 1.165) is 19.3 Å². The molecule has 1 heterocycles. The zero-order chi connectivity index (χ0) is 14.7. The zero-order valence-corrected chi connectivity index (χ0v) is 12.1. The summed E-state index contributed by atoms with van der Waals surface area (Å²) in [5.74, 6) is -0.520. The molecule has 7 heteroatoms. The monoisotopic (exact) mass is 280 g/mol. The number of esters is 1. The summed E-state index contributed by atoms with van der Waals surface area (Å²) in [6.45, 7) is 2.11. The first-order valence-corrected chi connectivity index (χ1v) is 6.84. The second-order valence-corrected chi connectivity index (χ2v) is 5.02. The Balaban J connectivity index is 2.15. The molecular weight excluding hydrogens is 260 g/mol. The summed E-state index contributed by atoms with van der Waals surface area (Å²) in [4.78, 5) is 25.5. The van der Waals surface area contributed by atoms with Crippen molar-refractivity contribution < 1.29 is 14.3 Å². The first kappa shape index (κ1) is 14.5. The van der Waals surface area contributed by atoms with E-state index in [-0.39, 0.29) is 18.1 Å². The Morgan fingerprint density at radius 2 is 2.15 bits per heavy atom. The number of hydrogen-bond donors (Lipinski definition) is 0. The lowest BCUT2D eigenvalue weighted by Gasteiger charge is -2.16. The minimum Gasteiger partial charge on any atom is -0.464 e. The fourth-order valence-corrected chi connectivity index (χ4v) is 2.10. The highest BCUT2D eigenvalue weighted by atomic mass is 16.5. The standard InChI is InChI=1S/C13H20N4O3/c1-4-5-10-12(13(19)20-3)14-15-17(10)8-11(18)16(2)9-6-7-9/h9H,4-8H2,1-3H3. The van der Waals surface area contributed by atoms with Crippen LogP contribution >= 0.6 is 0 Å². The molecule has 7 nitrogen and oxygen atoms in total. The molecular formula is C13H20N4O3. The van der Waals surface area contributed by atoms with Crippen LogP contribution in [0.25, 0.3) is 0 Å². The maximum Gasteiger partial charge on any atom is 0.360 e. The Hall–Kier alpha value is -1.92. The highest BCUT2D eigenvalue weighted by molar-refractivity contribution is 5.88. The van der Waals surface area contributed by atoms with Gasteiger partial charge in [-0.3, -0.25) is 4.79 Å². The fraction of sp³-hybridized carbons (Fsp3) is 0.692. The molecule has 110 valence electrons. The number of likely N-dealkylation sites (N-methyl/N-ethyl adjacent to an activating group) is 1. The molecule has 0 N–H and O–H groups in total. The Labute approximate surface area is 117 Å². The van der Waals surface area contributed by atoms with Crippen molar-refractivity contribution in [1.82, 2.24) is 19.9 Å². The van der Waals surface area contributed by atoms with Gasteiger partial charge in [-0.1, -0.05) is 18.6 Å². The largest absolute Gasteiger partial charge is 0.464 e. The van der Waals surface area contributed by atoms with Gasteiger partial charge in [-0.25, -0.2) is 9.48 Å². The number of rotatable bonds is 6. The van der Waals surface area contributed by atoms with E-state index in [9.17, 15) is 9.59 Å². The van der Waals surface area contributed by atoms with Crippen LogP contribution in [0.3, 0.4) is 0 Å². The van der Waals surface area contributed by atoms with Crippen molar-refractivity contribution in [2.75, 3.05) is 14.2 Å². The molecule has 0 radical (unpaired) electrons. The lowest BCUT2D eigenvalue weighted by molar-refractivity contribution is -0.131. The van der Waals surface area contributed by atoms with Crippen molar-refractivity contribution >= 4 is 11.9 Å². The topological polar surface area (TPSA) is 77.3 Å². The molecule has 20 heavy (non-hydrogen) atoms. The summed E-state index contributed by atoms with van der Waals surface area (Å²) < 4.78 is 6.20. The number of carbonyl (C=O) groups is 2. The van der Waals surface area contributed by atoms with Crippen LogP contribution in [0.1, 0.15) is 42.4 Å². The van der Waals surface area contributed by atoms with Gasteiger partial charge in [-0.05, 0) is 19.3 Å². The van der Waals surface area contributed by atoms with Gasteiger partial charge in [0.1, 0.15) is 6.54 Å². The zero-order valence-electron chi connectivity index (χ0n) is 12.1. The number of hydrogen-bond acceptors (Lipinski definition) is 5. The normalized spacial score (nSPS) is 14.2. The van der Waals surface area contributed by atoms with Gasteiger partial charge in [0, 0.05) is 13.1 Å². The summed E-state index contributed by atoms with van der Waals surface area (Å²) in [7, 11) is 3.11. The summed E-state index contributed by atoms with van der Waals surface area (Å²) in [5, 5.41) is 7.77. The van der Waals surface area contributed by atoms with E-state index in [0.29, 0.717) is 18.2 Å². The number of methoxy groups -OCH3 is 1. The van der Waals surface area contributed by atoms with E-state index in [4.69, 9.17) is 0 Å². The third kappa shape index (κ3) is 2.97. The van der Waals surface area contributed by atoms with Gasteiger partial charge in [0.25, 0.3) is 0 Å². The molecule has 0 atom stereocenters. The van der Waals surface area contributed by atoms with Crippen molar-refractivity contribution in [2.45, 2.75) is 45.2 Å². The molecule has 2 rings (SSSR count). The summed E-state index contributed by atoms with van der Waals surface area (Å²) in [6.07, 6.45) is 3.60. The van der Waals surface area contributed by atoms with E-state index < -0.39 is 5.97 Å². The highest BCUT2D eigenvalue weighted by Crippen LogP contribution is 2.25. The summed E-state index contributed by atoms with van der Waals surface area (Å²) in [6, 6.07) is 0.362. The summed E-state index contributed by atoms with van der Waals surface area (Å²) in [5.41, 5.74) is 0.869. The molecule has 1 aromatic heterocycles. The van der Waals surface area contributed by atoms with Gasteiger partial charge >= 0.3 is 5.97 Å². The molecule has 1 saturated carbocycles. The number of nitrogens with zero attached hydrogens (tertiary/aromatic N) is 4. The van der Waals surface area contributed by atoms with Crippen molar-refractivity contribution in [3.63, 3.8) is 0 Å². The number of carbonyl (C=O) groups excluding carboxylic acids is 2.